The summed E-state index contributed by atoms with van der Waals surface area (Å²) in [4.78, 5) is 16.0. The molecule has 0 aliphatic carbocycles. The number of aromatic nitrogens is 1. The molecule has 2 aromatic rings. The van der Waals surface area contributed by atoms with Crippen molar-refractivity contribution in [3.63, 3.8) is 0 Å². The summed E-state index contributed by atoms with van der Waals surface area (Å²) in [6.45, 7) is 4.53. The monoisotopic (exact) mass is 246 g/mol. The molecule has 0 unspecified atom stereocenters. The van der Waals surface area contributed by atoms with Crippen molar-refractivity contribution in [2.45, 2.75) is 13.8 Å². The summed E-state index contributed by atoms with van der Waals surface area (Å²) in [6.07, 6.45) is 0. The molecule has 0 spiro atoms. The Balaban J connectivity index is 2.21. The van der Waals surface area contributed by atoms with Crippen molar-refractivity contribution in [3.05, 3.63) is 40.9 Å². The molecule has 0 bridgehead atoms. The number of carbonyl (C=O) groups is 1. The third kappa shape index (κ3) is 2.71. The van der Waals surface area contributed by atoms with E-state index in [-0.39, 0.29) is 5.91 Å². The van der Waals surface area contributed by atoms with E-state index in [4.69, 9.17) is 0 Å². The van der Waals surface area contributed by atoms with Crippen LogP contribution < -0.4 is 5.32 Å². The number of carbonyl (C=O) groups excluding carboxylic acids is 1. The number of hydrogen-bond acceptors (Lipinski definition) is 3. The number of amides is 1. The highest BCUT2D eigenvalue weighted by Crippen LogP contribution is 2.23. The molecule has 3 nitrogen and oxygen atoms in total. The molecule has 1 aromatic heterocycles. The van der Waals surface area contributed by atoms with E-state index in [0.717, 1.165) is 16.3 Å². The Morgan fingerprint density at radius 3 is 2.59 bits per heavy atom. The zero-order chi connectivity index (χ0) is 12.3. The maximum Gasteiger partial charge on any atom is 0.251 e. The molecule has 0 radical (unpaired) electrons. The van der Waals surface area contributed by atoms with E-state index in [2.05, 4.69) is 10.3 Å². The predicted octanol–water partition coefficient (Wildman–Crippen LogP) is 2.87. The Kier molecular flexibility index (Phi) is 3.54. The first-order valence-electron chi connectivity index (χ1n) is 5.51. The molecule has 0 saturated carbocycles. The van der Waals surface area contributed by atoms with E-state index < -0.39 is 0 Å². The number of nitrogens with zero attached hydrogens (tertiary/aromatic N) is 1. The Morgan fingerprint density at radius 2 is 2.06 bits per heavy atom. The maximum absolute atomic E-state index is 11.6. The Bertz CT molecular complexity index is 516. The fourth-order valence-corrected chi connectivity index (χ4v) is 2.32. The fourth-order valence-electron chi connectivity index (χ4n) is 1.51. The first kappa shape index (κ1) is 11.8. The summed E-state index contributed by atoms with van der Waals surface area (Å²) < 4.78 is 0. The van der Waals surface area contributed by atoms with E-state index >= 15 is 0 Å². The summed E-state index contributed by atoms with van der Waals surface area (Å²) in [5.74, 6) is -0.0330. The lowest BCUT2D eigenvalue weighted by atomic mass is 10.1. The van der Waals surface area contributed by atoms with E-state index in [1.807, 2.05) is 43.5 Å². The third-order valence-corrected chi connectivity index (χ3v) is 3.36. The van der Waals surface area contributed by atoms with Gasteiger partial charge >= 0.3 is 0 Å². The summed E-state index contributed by atoms with van der Waals surface area (Å²) >= 11 is 1.62. The Morgan fingerprint density at radius 1 is 1.35 bits per heavy atom. The van der Waals surface area contributed by atoms with E-state index in [1.165, 1.54) is 0 Å². The number of rotatable bonds is 3. The summed E-state index contributed by atoms with van der Waals surface area (Å²) in [5, 5.41) is 5.78. The Hall–Kier alpha value is -1.68. The minimum atomic E-state index is -0.0330. The number of benzene rings is 1. The van der Waals surface area contributed by atoms with Crippen molar-refractivity contribution in [1.82, 2.24) is 10.3 Å². The third-order valence-electron chi connectivity index (χ3n) is 2.35. The smallest absolute Gasteiger partial charge is 0.251 e. The number of hydrogen-bond donors (Lipinski definition) is 1. The van der Waals surface area contributed by atoms with Gasteiger partial charge in [-0.1, -0.05) is 12.1 Å². The molecule has 0 saturated heterocycles. The van der Waals surface area contributed by atoms with Crippen molar-refractivity contribution < 1.29 is 4.79 Å². The van der Waals surface area contributed by atoms with Crippen molar-refractivity contribution in [2.75, 3.05) is 6.54 Å². The number of nitrogens with one attached hydrogen (secondary N) is 1. The van der Waals surface area contributed by atoms with Crippen LogP contribution in [0.3, 0.4) is 0 Å². The zero-order valence-electron chi connectivity index (χ0n) is 9.86. The van der Waals surface area contributed by atoms with Gasteiger partial charge in [-0.2, -0.15) is 0 Å². The molecule has 88 valence electrons. The maximum atomic E-state index is 11.6. The van der Waals surface area contributed by atoms with Gasteiger partial charge in [0.25, 0.3) is 5.91 Å². The molecule has 0 aliphatic heterocycles. The van der Waals surface area contributed by atoms with Crippen LogP contribution in [-0.4, -0.2) is 17.4 Å². The first-order chi connectivity index (χ1) is 8.20. The minimum absolute atomic E-state index is 0.0330. The molecule has 0 atom stereocenters. The second-order valence-corrected chi connectivity index (χ2v) is 4.59. The second kappa shape index (κ2) is 5.10. The molecule has 1 heterocycles. The Labute approximate surface area is 105 Å². The van der Waals surface area contributed by atoms with Crippen LogP contribution in [0.4, 0.5) is 0 Å². The van der Waals surface area contributed by atoms with E-state index in [1.54, 1.807) is 11.3 Å². The topological polar surface area (TPSA) is 42.0 Å². The van der Waals surface area contributed by atoms with Crippen LogP contribution in [-0.2, 0) is 0 Å². The predicted molar refractivity (Wildman–Crippen MR) is 70.3 cm³/mol. The summed E-state index contributed by atoms with van der Waals surface area (Å²) in [6, 6.07) is 7.53. The van der Waals surface area contributed by atoms with E-state index in [0.29, 0.717) is 12.1 Å². The summed E-state index contributed by atoms with van der Waals surface area (Å²) in [7, 11) is 0. The van der Waals surface area contributed by atoms with Gasteiger partial charge in [0.15, 0.2) is 0 Å². The highest BCUT2D eigenvalue weighted by molar-refractivity contribution is 7.13. The molecule has 0 fully saturated rings. The van der Waals surface area contributed by atoms with Gasteiger partial charge in [-0.3, -0.25) is 4.79 Å². The molecule has 1 N–H and O–H groups in total. The molecule has 1 aromatic carbocycles. The molecule has 0 aliphatic rings. The van der Waals surface area contributed by atoms with Crippen LogP contribution in [0.15, 0.2) is 29.6 Å². The largest absolute Gasteiger partial charge is 0.352 e. The lowest BCUT2D eigenvalue weighted by Gasteiger charge is -2.02. The lowest BCUT2D eigenvalue weighted by Crippen LogP contribution is -2.22. The second-order valence-electron chi connectivity index (χ2n) is 3.73. The molecule has 2 rings (SSSR count). The van der Waals surface area contributed by atoms with Gasteiger partial charge in [0.2, 0.25) is 0 Å². The first-order valence-corrected chi connectivity index (χ1v) is 6.39. The lowest BCUT2D eigenvalue weighted by molar-refractivity contribution is 0.0956. The van der Waals surface area contributed by atoms with Gasteiger partial charge < -0.3 is 5.32 Å². The van der Waals surface area contributed by atoms with E-state index in [9.17, 15) is 4.79 Å². The van der Waals surface area contributed by atoms with Crippen molar-refractivity contribution >= 4 is 17.2 Å². The van der Waals surface area contributed by atoms with Gasteiger partial charge in [0.1, 0.15) is 5.01 Å². The van der Waals surface area contributed by atoms with Crippen LogP contribution >= 0.6 is 11.3 Å². The molecular formula is C13H14N2OS. The minimum Gasteiger partial charge on any atom is -0.352 e. The van der Waals surface area contributed by atoms with Crippen molar-refractivity contribution in [1.29, 1.82) is 0 Å². The molecule has 4 heteroatoms. The summed E-state index contributed by atoms with van der Waals surface area (Å²) in [5.41, 5.74) is 2.76. The molecular weight excluding hydrogens is 232 g/mol. The quantitative estimate of drug-likeness (QED) is 0.904. The highest BCUT2D eigenvalue weighted by atomic mass is 32.1. The molecule has 1 amide bonds. The average molecular weight is 246 g/mol. The molecule has 17 heavy (non-hydrogen) atoms. The van der Waals surface area contributed by atoms with Crippen molar-refractivity contribution in [2.24, 2.45) is 0 Å². The van der Waals surface area contributed by atoms with Crippen LogP contribution in [0, 0.1) is 6.92 Å². The van der Waals surface area contributed by atoms with Crippen molar-refractivity contribution in [3.8, 4) is 10.6 Å². The van der Waals surface area contributed by atoms with Crippen LogP contribution in [0.2, 0.25) is 0 Å². The van der Waals surface area contributed by atoms with Gasteiger partial charge in [-0.15, -0.1) is 11.3 Å². The number of thiazole rings is 1. The van der Waals surface area contributed by atoms with Gasteiger partial charge in [-0.25, -0.2) is 4.98 Å². The van der Waals surface area contributed by atoms with Gasteiger partial charge in [0.05, 0.1) is 0 Å². The SMILES string of the molecule is CCNC(=O)c1ccc(-c2nc(C)cs2)cc1. The standard InChI is InChI=1S/C13H14N2OS/c1-3-14-12(16)10-4-6-11(7-5-10)13-15-9(2)8-17-13/h4-8H,3H2,1-2H3,(H,14,16). The van der Waals surface area contributed by atoms with Crippen LogP contribution in [0.5, 0.6) is 0 Å². The van der Waals surface area contributed by atoms with Gasteiger partial charge in [-0.05, 0) is 26.0 Å². The number of aryl methyl sites for hydroxylation is 1. The van der Waals surface area contributed by atoms with Crippen LogP contribution in [0.1, 0.15) is 23.0 Å². The normalized spacial score (nSPS) is 10.2. The van der Waals surface area contributed by atoms with Crippen LogP contribution in [0.25, 0.3) is 10.6 Å². The van der Waals surface area contributed by atoms with Gasteiger partial charge in [0, 0.05) is 28.7 Å². The zero-order valence-corrected chi connectivity index (χ0v) is 10.7. The fraction of sp³-hybridized carbons (Fsp3) is 0.231. The average Bonchev–Trinajstić information content (AvgIpc) is 2.76. The highest BCUT2D eigenvalue weighted by Gasteiger charge is 2.06.